The summed E-state index contributed by atoms with van der Waals surface area (Å²) in [5, 5.41) is 15.7. The molecule has 1 fully saturated rings. The molecular formula is C8H10N2O3. The number of hydrogen-bond acceptors (Lipinski definition) is 4. The molecule has 0 bridgehead atoms. The molecule has 2 unspecified atom stereocenters. The molecule has 2 rings (SSSR count). The molecule has 1 aliphatic rings. The smallest absolute Gasteiger partial charge is 0.308 e. The summed E-state index contributed by atoms with van der Waals surface area (Å²) in [7, 11) is 0. The van der Waals surface area contributed by atoms with Crippen molar-refractivity contribution in [3.05, 3.63) is 18.0 Å². The fourth-order valence-corrected chi connectivity index (χ4v) is 1.66. The molecule has 1 aromatic rings. The fourth-order valence-electron chi connectivity index (χ4n) is 1.66. The minimum absolute atomic E-state index is 0.0590. The molecule has 0 aliphatic carbocycles. The highest BCUT2D eigenvalue weighted by molar-refractivity contribution is 5.72. The molecule has 13 heavy (non-hydrogen) atoms. The molecule has 5 heteroatoms. The molecule has 5 nitrogen and oxygen atoms in total. The van der Waals surface area contributed by atoms with Gasteiger partial charge in [-0.15, -0.1) is 0 Å². The van der Waals surface area contributed by atoms with Crippen LogP contribution in [-0.2, 0) is 4.79 Å². The van der Waals surface area contributed by atoms with Gasteiger partial charge in [0.15, 0.2) is 0 Å². The van der Waals surface area contributed by atoms with Crippen molar-refractivity contribution >= 4 is 5.97 Å². The SMILES string of the molecule is O=C(O)C1CNCC1c1ccon1. The Morgan fingerprint density at radius 2 is 2.54 bits per heavy atom. The van der Waals surface area contributed by atoms with Gasteiger partial charge < -0.3 is 14.9 Å². The zero-order valence-corrected chi connectivity index (χ0v) is 6.93. The number of carbonyl (C=O) groups is 1. The van der Waals surface area contributed by atoms with Crippen LogP contribution >= 0.6 is 0 Å². The van der Waals surface area contributed by atoms with Gasteiger partial charge in [0.25, 0.3) is 0 Å². The van der Waals surface area contributed by atoms with Crippen LogP contribution in [-0.4, -0.2) is 29.3 Å². The van der Waals surface area contributed by atoms with Gasteiger partial charge in [0.1, 0.15) is 6.26 Å². The van der Waals surface area contributed by atoms with Crippen LogP contribution in [0.25, 0.3) is 0 Å². The van der Waals surface area contributed by atoms with Gasteiger partial charge in [-0.25, -0.2) is 0 Å². The average molecular weight is 182 g/mol. The number of carboxylic acids is 1. The minimum atomic E-state index is -0.780. The van der Waals surface area contributed by atoms with E-state index >= 15 is 0 Å². The van der Waals surface area contributed by atoms with E-state index in [4.69, 9.17) is 5.11 Å². The maximum Gasteiger partial charge on any atom is 0.308 e. The highest BCUT2D eigenvalue weighted by Crippen LogP contribution is 2.26. The van der Waals surface area contributed by atoms with Gasteiger partial charge in [0.2, 0.25) is 0 Å². The van der Waals surface area contributed by atoms with E-state index < -0.39 is 5.97 Å². The Balaban J connectivity index is 2.19. The van der Waals surface area contributed by atoms with Crippen LogP contribution in [0, 0.1) is 5.92 Å². The number of aliphatic carboxylic acids is 1. The van der Waals surface area contributed by atoms with Crippen molar-refractivity contribution in [3.63, 3.8) is 0 Å². The third kappa shape index (κ3) is 1.42. The third-order valence-corrected chi connectivity index (χ3v) is 2.37. The van der Waals surface area contributed by atoms with Crippen LogP contribution in [0.15, 0.2) is 16.9 Å². The van der Waals surface area contributed by atoms with Crippen LogP contribution < -0.4 is 5.32 Å². The number of hydrogen-bond donors (Lipinski definition) is 2. The van der Waals surface area contributed by atoms with E-state index in [1.165, 1.54) is 6.26 Å². The molecule has 1 aromatic heterocycles. The van der Waals surface area contributed by atoms with E-state index in [0.29, 0.717) is 13.1 Å². The first-order valence-electron chi connectivity index (χ1n) is 4.13. The van der Waals surface area contributed by atoms with E-state index in [9.17, 15) is 4.79 Å². The minimum Gasteiger partial charge on any atom is -0.481 e. The first kappa shape index (κ1) is 8.25. The lowest BCUT2D eigenvalue weighted by Crippen LogP contribution is -2.21. The number of nitrogens with one attached hydrogen (secondary N) is 1. The lowest BCUT2D eigenvalue weighted by molar-refractivity contribution is -0.141. The number of rotatable bonds is 2. The molecule has 2 heterocycles. The predicted molar refractivity (Wildman–Crippen MR) is 43.2 cm³/mol. The molecule has 0 aromatic carbocycles. The molecule has 70 valence electrons. The lowest BCUT2D eigenvalue weighted by atomic mass is 9.93. The predicted octanol–water partition coefficient (Wildman–Crippen LogP) is 0.0622. The van der Waals surface area contributed by atoms with Gasteiger partial charge in [-0.2, -0.15) is 0 Å². The van der Waals surface area contributed by atoms with Crippen molar-refractivity contribution in [1.29, 1.82) is 0 Å². The van der Waals surface area contributed by atoms with E-state index in [1.54, 1.807) is 6.07 Å². The second-order valence-corrected chi connectivity index (χ2v) is 3.13. The van der Waals surface area contributed by atoms with Crippen molar-refractivity contribution in [2.45, 2.75) is 5.92 Å². The number of carboxylic acid groups (broad SMARTS) is 1. The second kappa shape index (κ2) is 3.18. The summed E-state index contributed by atoms with van der Waals surface area (Å²) in [6, 6.07) is 1.72. The molecule has 1 aliphatic heterocycles. The van der Waals surface area contributed by atoms with Gasteiger partial charge >= 0.3 is 5.97 Å². The maximum atomic E-state index is 10.8. The molecule has 0 spiro atoms. The van der Waals surface area contributed by atoms with Gasteiger partial charge in [-0.3, -0.25) is 4.79 Å². The number of aromatic nitrogens is 1. The largest absolute Gasteiger partial charge is 0.481 e. The highest BCUT2D eigenvalue weighted by atomic mass is 16.5. The maximum absolute atomic E-state index is 10.8. The summed E-state index contributed by atoms with van der Waals surface area (Å²) in [5.74, 6) is -1.22. The molecule has 1 saturated heterocycles. The van der Waals surface area contributed by atoms with Crippen LogP contribution in [0.1, 0.15) is 11.6 Å². The zero-order chi connectivity index (χ0) is 9.26. The fraction of sp³-hybridized carbons (Fsp3) is 0.500. The van der Waals surface area contributed by atoms with Crippen LogP contribution in [0.3, 0.4) is 0 Å². The molecule has 0 saturated carbocycles. The van der Waals surface area contributed by atoms with Crippen molar-refractivity contribution < 1.29 is 14.4 Å². The Hall–Kier alpha value is -1.36. The van der Waals surface area contributed by atoms with E-state index in [2.05, 4.69) is 15.0 Å². The Labute approximate surface area is 74.7 Å². The summed E-state index contributed by atoms with van der Waals surface area (Å²) in [6.07, 6.45) is 1.46. The summed E-state index contributed by atoms with van der Waals surface area (Å²) >= 11 is 0. The Bertz CT molecular complexity index is 296. The van der Waals surface area contributed by atoms with Crippen LogP contribution in [0.4, 0.5) is 0 Å². The van der Waals surface area contributed by atoms with Gasteiger partial charge in [0.05, 0.1) is 11.6 Å². The highest BCUT2D eigenvalue weighted by Gasteiger charge is 2.35. The first-order chi connectivity index (χ1) is 6.29. The summed E-state index contributed by atoms with van der Waals surface area (Å²) in [4.78, 5) is 10.8. The monoisotopic (exact) mass is 182 g/mol. The van der Waals surface area contributed by atoms with Crippen molar-refractivity contribution in [1.82, 2.24) is 10.5 Å². The topological polar surface area (TPSA) is 75.4 Å². The quantitative estimate of drug-likeness (QED) is 0.676. The molecule has 0 amide bonds. The Morgan fingerprint density at radius 3 is 3.15 bits per heavy atom. The normalized spacial score (nSPS) is 27.7. The standard InChI is InChI=1S/C8H10N2O3/c11-8(12)6-4-9-3-5(6)7-1-2-13-10-7/h1-2,5-6,9H,3-4H2,(H,11,12). The van der Waals surface area contributed by atoms with Gasteiger partial charge in [0, 0.05) is 25.1 Å². The van der Waals surface area contributed by atoms with E-state index in [1.807, 2.05) is 0 Å². The Morgan fingerprint density at radius 1 is 1.69 bits per heavy atom. The first-order valence-corrected chi connectivity index (χ1v) is 4.13. The van der Waals surface area contributed by atoms with Crippen molar-refractivity contribution in [2.24, 2.45) is 5.92 Å². The zero-order valence-electron chi connectivity index (χ0n) is 6.93. The molecule has 2 atom stereocenters. The summed E-state index contributed by atoms with van der Waals surface area (Å²) < 4.78 is 4.68. The third-order valence-electron chi connectivity index (χ3n) is 2.37. The van der Waals surface area contributed by atoms with Crippen LogP contribution in [0.5, 0.6) is 0 Å². The molecule has 2 N–H and O–H groups in total. The Kier molecular flexibility index (Phi) is 2.02. The second-order valence-electron chi connectivity index (χ2n) is 3.13. The number of nitrogens with zero attached hydrogens (tertiary/aromatic N) is 1. The molecule has 0 radical (unpaired) electrons. The van der Waals surface area contributed by atoms with Crippen molar-refractivity contribution in [3.8, 4) is 0 Å². The van der Waals surface area contributed by atoms with E-state index in [-0.39, 0.29) is 11.8 Å². The van der Waals surface area contributed by atoms with Crippen LogP contribution in [0.2, 0.25) is 0 Å². The van der Waals surface area contributed by atoms with Gasteiger partial charge in [-0.05, 0) is 0 Å². The molecular weight excluding hydrogens is 172 g/mol. The average Bonchev–Trinajstić information content (AvgIpc) is 2.74. The van der Waals surface area contributed by atoms with E-state index in [0.717, 1.165) is 5.69 Å². The van der Waals surface area contributed by atoms with Crippen molar-refractivity contribution in [2.75, 3.05) is 13.1 Å². The van der Waals surface area contributed by atoms with Gasteiger partial charge in [-0.1, -0.05) is 5.16 Å². The summed E-state index contributed by atoms with van der Waals surface area (Å²) in [5.41, 5.74) is 0.720. The lowest BCUT2D eigenvalue weighted by Gasteiger charge is -2.10. The summed E-state index contributed by atoms with van der Waals surface area (Å²) in [6.45, 7) is 1.16.